The molecule has 3 rings (SSSR count). The van der Waals surface area contributed by atoms with Gasteiger partial charge in [-0.2, -0.15) is 0 Å². The second-order valence-corrected chi connectivity index (χ2v) is 6.74. The van der Waals surface area contributed by atoms with Crippen molar-refractivity contribution in [1.82, 2.24) is 15.2 Å². The molecule has 6 heteroatoms. The standard InChI is InChI=1S/C16H18ClN3OS/c1-20(13-6-8-18-9-7-13)16(21)14-10-22-15(19-14)11-2-4-12(17)5-3-11/h2-5,10,13,18H,6-9H2,1H3. The minimum absolute atomic E-state index is 0.00311. The first-order valence-corrected chi connectivity index (χ1v) is 8.60. The predicted molar refractivity (Wildman–Crippen MR) is 90.5 cm³/mol. The number of amides is 1. The molecule has 116 valence electrons. The summed E-state index contributed by atoms with van der Waals surface area (Å²) in [6, 6.07) is 7.81. The Morgan fingerprint density at radius 3 is 2.68 bits per heavy atom. The first-order valence-electron chi connectivity index (χ1n) is 7.34. The van der Waals surface area contributed by atoms with Crippen molar-refractivity contribution in [2.24, 2.45) is 0 Å². The zero-order valence-corrected chi connectivity index (χ0v) is 14.0. The zero-order chi connectivity index (χ0) is 15.5. The molecular formula is C16H18ClN3OS. The van der Waals surface area contributed by atoms with Gasteiger partial charge >= 0.3 is 0 Å². The van der Waals surface area contributed by atoms with Crippen molar-refractivity contribution in [3.8, 4) is 10.6 Å². The van der Waals surface area contributed by atoms with Gasteiger partial charge in [0.05, 0.1) is 0 Å². The molecule has 0 aliphatic carbocycles. The second kappa shape index (κ2) is 6.77. The Morgan fingerprint density at radius 2 is 2.00 bits per heavy atom. The van der Waals surface area contributed by atoms with E-state index in [1.54, 1.807) is 0 Å². The Hall–Kier alpha value is -1.43. The smallest absolute Gasteiger partial charge is 0.273 e. The largest absolute Gasteiger partial charge is 0.337 e. The van der Waals surface area contributed by atoms with Crippen LogP contribution in [0.4, 0.5) is 0 Å². The zero-order valence-electron chi connectivity index (χ0n) is 12.4. The SMILES string of the molecule is CN(C(=O)c1csc(-c2ccc(Cl)cc2)n1)C1CCNCC1. The van der Waals surface area contributed by atoms with Gasteiger partial charge in [0.25, 0.3) is 5.91 Å². The maximum absolute atomic E-state index is 12.6. The van der Waals surface area contributed by atoms with Crippen molar-refractivity contribution < 1.29 is 4.79 Å². The number of carbonyl (C=O) groups is 1. The fourth-order valence-electron chi connectivity index (χ4n) is 2.64. The minimum Gasteiger partial charge on any atom is -0.337 e. The number of benzene rings is 1. The molecule has 0 saturated carbocycles. The number of hydrogen-bond donors (Lipinski definition) is 1. The predicted octanol–water partition coefficient (Wildman–Crippen LogP) is 3.29. The van der Waals surface area contributed by atoms with Crippen LogP contribution in [-0.4, -0.2) is 42.0 Å². The molecule has 1 saturated heterocycles. The number of rotatable bonds is 3. The fraction of sp³-hybridized carbons (Fsp3) is 0.375. The summed E-state index contributed by atoms with van der Waals surface area (Å²) in [5.74, 6) is 0.00311. The number of thiazole rings is 1. The first kappa shape index (κ1) is 15.5. The molecule has 2 aromatic rings. The van der Waals surface area contributed by atoms with Crippen molar-refractivity contribution in [3.05, 3.63) is 40.4 Å². The van der Waals surface area contributed by atoms with E-state index >= 15 is 0 Å². The molecule has 1 aromatic heterocycles. The van der Waals surface area contributed by atoms with E-state index in [4.69, 9.17) is 11.6 Å². The van der Waals surface area contributed by atoms with E-state index in [1.165, 1.54) is 11.3 Å². The maximum atomic E-state index is 12.6. The number of halogens is 1. The number of nitrogens with one attached hydrogen (secondary N) is 1. The van der Waals surface area contributed by atoms with Crippen LogP contribution in [0, 0.1) is 0 Å². The Labute approximate surface area is 139 Å². The highest BCUT2D eigenvalue weighted by Crippen LogP contribution is 2.26. The summed E-state index contributed by atoms with van der Waals surface area (Å²) in [6.07, 6.45) is 1.99. The van der Waals surface area contributed by atoms with E-state index in [2.05, 4.69) is 10.3 Å². The molecule has 1 aliphatic heterocycles. The van der Waals surface area contributed by atoms with Crippen LogP contribution in [0.5, 0.6) is 0 Å². The normalized spacial score (nSPS) is 15.7. The van der Waals surface area contributed by atoms with Gasteiger partial charge in [-0.3, -0.25) is 4.79 Å². The Kier molecular flexibility index (Phi) is 4.76. The second-order valence-electron chi connectivity index (χ2n) is 5.44. The molecule has 1 aliphatic rings. The van der Waals surface area contributed by atoms with Gasteiger partial charge in [0, 0.05) is 29.1 Å². The average molecular weight is 336 g/mol. The van der Waals surface area contributed by atoms with Gasteiger partial charge in [0.2, 0.25) is 0 Å². The van der Waals surface area contributed by atoms with Crippen molar-refractivity contribution in [1.29, 1.82) is 0 Å². The number of hydrogen-bond acceptors (Lipinski definition) is 4. The van der Waals surface area contributed by atoms with Gasteiger partial charge in [0.15, 0.2) is 0 Å². The van der Waals surface area contributed by atoms with Gasteiger partial charge in [-0.25, -0.2) is 4.98 Å². The van der Waals surface area contributed by atoms with Gasteiger partial charge in [-0.05, 0) is 38.1 Å². The summed E-state index contributed by atoms with van der Waals surface area (Å²) in [5, 5.41) is 6.70. The summed E-state index contributed by atoms with van der Waals surface area (Å²) in [5.41, 5.74) is 1.51. The van der Waals surface area contributed by atoms with E-state index in [-0.39, 0.29) is 5.91 Å². The Bertz CT molecular complexity index is 650. The monoisotopic (exact) mass is 335 g/mol. The van der Waals surface area contributed by atoms with Crippen molar-refractivity contribution in [3.63, 3.8) is 0 Å². The lowest BCUT2D eigenvalue weighted by atomic mass is 10.1. The third-order valence-electron chi connectivity index (χ3n) is 3.99. The molecule has 0 unspecified atom stereocenters. The van der Waals surface area contributed by atoms with E-state index in [0.717, 1.165) is 36.5 Å². The highest BCUT2D eigenvalue weighted by Gasteiger charge is 2.24. The number of piperidine rings is 1. The molecule has 2 heterocycles. The third-order valence-corrected chi connectivity index (χ3v) is 5.13. The maximum Gasteiger partial charge on any atom is 0.273 e. The van der Waals surface area contributed by atoms with Gasteiger partial charge in [-0.15, -0.1) is 11.3 Å². The Balaban J connectivity index is 1.75. The Morgan fingerprint density at radius 1 is 1.32 bits per heavy atom. The van der Waals surface area contributed by atoms with Crippen molar-refractivity contribution in [2.45, 2.75) is 18.9 Å². The molecular weight excluding hydrogens is 318 g/mol. The highest BCUT2D eigenvalue weighted by atomic mass is 35.5. The molecule has 0 spiro atoms. The molecule has 1 fully saturated rings. The van der Waals surface area contributed by atoms with E-state index < -0.39 is 0 Å². The van der Waals surface area contributed by atoms with E-state index in [9.17, 15) is 4.79 Å². The summed E-state index contributed by atoms with van der Waals surface area (Å²) < 4.78 is 0. The van der Waals surface area contributed by atoms with Crippen LogP contribution < -0.4 is 5.32 Å². The summed E-state index contributed by atoms with van der Waals surface area (Å²) in [7, 11) is 1.87. The number of nitrogens with zero attached hydrogens (tertiary/aromatic N) is 2. The third kappa shape index (κ3) is 3.32. The number of carbonyl (C=O) groups excluding carboxylic acids is 1. The molecule has 4 nitrogen and oxygen atoms in total. The van der Waals surface area contributed by atoms with E-state index in [0.29, 0.717) is 16.8 Å². The first-order chi connectivity index (χ1) is 10.6. The quantitative estimate of drug-likeness (QED) is 0.936. The van der Waals surface area contributed by atoms with Crippen LogP contribution in [0.15, 0.2) is 29.6 Å². The van der Waals surface area contributed by atoms with Crippen LogP contribution in [0.25, 0.3) is 10.6 Å². The van der Waals surface area contributed by atoms with Crippen LogP contribution in [0.3, 0.4) is 0 Å². The van der Waals surface area contributed by atoms with Crippen LogP contribution >= 0.6 is 22.9 Å². The lowest BCUT2D eigenvalue weighted by Gasteiger charge is -2.31. The minimum atomic E-state index is 0.00311. The molecule has 1 aromatic carbocycles. The lowest BCUT2D eigenvalue weighted by molar-refractivity contribution is 0.0698. The van der Waals surface area contributed by atoms with E-state index in [1.807, 2.05) is 41.6 Å². The van der Waals surface area contributed by atoms with Crippen molar-refractivity contribution >= 4 is 28.8 Å². The van der Waals surface area contributed by atoms with Crippen LogP contribution in [0.1, 0.15) is 23.3 Å². The molecule has 0 atom stereocenters. The summed E-state index contributed by atoms with van der Waals surface area (Å²) >= 11 is 7.39. The topological polar surface area (TPSA) is 45.2 Å². The summed E-state index contributed by atoms with van der Waals surface area (Å²) in [4.78, 5) is 18.9. The van der Waals surface area contributed by atoms with Gasteiger partial charge in [0.1, 0.15) is 10.7 Å². The number of aromatic nitrogens is 1. The van der Waals surface area contributed by atoms with Crippen LogP contribution in [0.2, 0.25) is 5.02 Å². The van der Waals surface area contributed by atoms with Crippen LogP contribution in [-0.2, 0) is 0 Å². The highest BCUT2D eigenvalue weighted by molar-refractivity contribution is 7.13. The summed E-state index contributed by atoms with van der Waals surface area (Å²) in [6.45, 7) is 1.94. The lowest BCUT2D eigenvalue weighted by Crippen LogP contribution is -2.44. The molecule has 0 radical (unpaired) electrons. The van der Waals surface area contributed by atoms with Gasteiger partial charge < -0.3 is 10.2 Å². The molecule has 22 heavy (non-hydrogen) atoms. The van der Waals surface area contributed by atoms with Crippen molar-refractivity contribution in [2.75, 3.05) is 20.1 Å². The fourth-order valence-corrected chi connectivity index (χ4v) is 3.56. The van der Waals surface area contributed by atoms with Gasteiger partial charge in [-0.1, -0.05) is 23.7 Å². The molecule has 1 N–H and O–H groups in total. The average Bonchev–Trinajstić information content (AvgIpc) is 3.05. The molecule has 1 amide bonds. The molecule has 0 bridgehead atoms.